The van der Waals surface area contributed by atoms with Crippen LogP contribution in [-0.4, -0.2) is 55.1 Å². The van der Waals surface area contributed by atoms with E-state index in [1.165, 1.54) is 0 Å². The van der Waals surface area contributed by atoms with Crippen molar-refractivity contribution < 1.29 is 4.79 Å². The van der Waals surface area contributed by atoms with E-state index in [1.54, 1.807) is 0 Å². The van der Waals surface area contributed by atoms with E-state index in [0.29, 0.717) is 26.2 Å². The molecule has 1 saturated heterocycles. The zero-order chi connectivity index (χ0) is 21.8. The molecule has 1 aliphatic heterocycles. The largest absolute Gasteiger partial charge is 0.383 e. The van der Waals surface area contributed by atoms with Crippen LogP contribution < -0.4 is 16.0 Å². The van der Waals surface area contributed by atoms with E-state index in [2.05, 4.69) is 22.3 Å². The number of rotatable bonds is 6. The number of carbonyl (C=O) groups is 1. The van der Waals surface area contributed by atoms with Gasteiger partial charge in [0, 0.05) is 56.4 Å². The number of pyridine rings is 1. The van der Waals surface area contributed by atoms with E-state index in [0.717, 1.165) is 41.1 Å². The molecule has 0 atom stereocenters. The third kappa shape index (κ3) is 4.35. The number of hydrogen-bond donors (Lipinski definition) is 2. The van der Waals surface area contributed by atoms with Crippen molar-refractivity contribution >= 4 is 28.3 Å². The SMILES string of the molecule is CC(C)(C(=O)N1CCN(c2cc(NCCN)c3ccccc3n2)CC1)c1ccccc1. The summed E-state index contributed by atoms with van der Waals surface area (Å²) in [5.41, 5.74) is 8.22. The van der Waals surface area contributed by atoms with E-state index in [1.807, 2.05) is 67.3 Å². The van der Waals surface area contributed by atoms with Crippen molar-refractivity contribution in [3.8, 4) is 0 Å². The van der Waals surface area contributed by atoms with Crippen molar-refractivity contribution in [2.24, 2.45) is 5.73 Å². The van der Waals surface area contributed by atoms with Crippen LogP contribution in [0.3, 0.4) is 0 Å². The molecule has 0 radical (unpaired) electrons. The molecule has 0 unspecified atom stereocenters. The normalized spacial score (nSPS) is 14.7. The summed E-state index contributed by atoms with van der Waals surface area (Å²) in [7, 11) is 0. The number of nitrogens with zero attached hydrogens (tertiary/aromatic N) is 3. The molecule has 1 aromatic heterocycles. The van der Waals surface area contributed by atoms with Crippen LogP contribution in [0.5, 0.6) is 0 Å². The van der Waals surface area contributed by atoms with Crippen molar-refractivity contribution in [2.45, 2.75) is 19.3 Å². The van der Waals surface area contributed by atoms with Crippen molar-refractivity contribution in [3.05, 3.63) is 66.2 Å². The molecule has 4 rings (SSSR count). The Bertz CT molecular complexity index is 1040. The van der Waals surface area contributed by atoms with Crippen molar-refractivity contribution in [2.75, 3.05) is 49.5 Å². The van der Waals surface area contributed by atoms with Crippen LogP contribution in [0, 0.1) is 0 Å². The molecule has 6 nitrogen and oxygen atoms in total. The summed E-state index contributed by atoms with van der Waals surface area (Å²) in [5.74, 6) is 1.11. The highest BCUT2D eigenvalue weighted by Gasteiger charge is 2.35. The second kappa shape index (κ2) is 8.94. The van der Waals surface area contributed by atoms with Gasteiger partial charge in [0.25, 0.3) is 0 Å². The number of benzene rings is 2. The Morgan fingerprint density at radius 2 is 1.71 bits per heavy atom. The lowest BCUT2D eigenvalue weighted by molar-refractivity contribution is -0.136. The molecule has 0 saturated carbocycles. The predicted molar refractivity (Wildman–Crippen MR) is 128 cm³/mol. The second-order valence-electron chi connectivity index (χ2n) is 8.53. The summed E-state index contributed by atoms with van der Waals surface area (Å²) in [5, 5.41) is 4.52. The maximum absolute atomic E-state index is 13.3. The summed E-state index contributed by atoms with van der Waals surface area (Å²) in [6.07, 6.45) is 0. The first-order chi connectivity index (χ1) is 15.0. The number of carbonyl (C=O) groups excluding carboxylic acids is 1. The molecular weight excluding hydrogens is 386 g/mol. The van der Waals surface area contributed by atoms with Gasteiger partial charge < -0.3 is 20.9 Å². The Labute approximate surface area is 184 Å². The maximum atomic E-state index is 13.3. The van der Waals surface area contributed by atoms with Crippen LogP contribution in [0.4, 0.5) is 11.5 Å². The fourth-order valence-corrected chi connectivity index (χ4v) is 4.19. The van der Waals surface area contributed by atoms with E-state index < -0.39 is 5.41 Å². The van der Waals surface area contributed by atoms with Crippen molar-refractivity contribution in [1.29, 1.82) is 0 Å². The molecule has 162 valence electrons. The predicted octanol–water partition coefficient (Wildman–Crippen LogP) is 3.23. The number of nitrogens with one attached hydrogen (secondary N) is 1. The number of aromatic nitrogens is 1. The van der Waals surface area contributed by atoms with Gasteiger partial charge in [0.1, 0.15) is 5.82 Å². The molecule has 6 heteroatoms. The molecule has 1 aliphatic rings. The molecule has 0 aliphatic carbocycles. The Morgan fingerprint density at radius 3 is 2.42 bits per heavy atom. The molecule has 0 spiro atoms. The van der Waals surface area contributed by atoms with Crippen molar-refractivity contribution in [3.63, 3.8) is 0 Å². The fraction of sp³-hybridized carbons (Fsp3) is 0.360. The minimum absolute atomic E-state index is 0.176. The number of hydrogen-bond acceptors (Lipinski definition) is 5. The summed E-state index contributed by atoms with van der Waals surface area (Å²) in [4.78, 5) is 22.4. The van der Waals surface area contributed by atoms with Crippen molar-refractivity contribution in [1.82, 2.24) is 9.88 Å². The van der Waals surface area contributed by atoms with Crippen LogP contribution >= 0.6 is 0 Å². The number of fused-ring (bicyclic) bond motifs is 1. The highest BCUT2D eigenvalue weighted by Crippen LogP contribution is 2.29. The molecule has 1 amide bonds. The molecule has 2 aromatic carbocycles. The molecule has 1 fully saturated rings. The average Bonchev–Trinajstić information content (AvgIpc) is 2.82. The van der Waals surface area contributed by atoms with Crippen LogP contribution in [0.25, 0.3) is 10.9 Å². The first kappa shape index (κ1) is 21.1. The van der Waals surface area contributed by atoms with E-state index in [4.69, 9.17) is 10.7 Å². The molecule has 0 bridgehead atoms. The lowest BCUT2D eigenvalue weighted by Gasteiger charge is -2.39. The first-order valence-electron chi connectivity index (χ1n) is 10.9. The molecule has 2 heterocycles. The van der Waals surface area contributed by atoms with Crippen LogP contribution in [0.15, 0.2) is 60.7 Å². The lowest BCUT2D eigenvalue weighted by Crippen LogP contribution is -2.53. The number of anilines is 2. The average molecular weight is 418 g/mol. The van der Waals surface area contributed by atoms with Gasteiger partial charge in [-0.1, -0.05) is 48.5 Å². The standard InChI is InChI=1S/C25H31N5O/c1-25(2,19-8-4-3-5-9-19)24(31)30-16-14-29(15-17-30)23-18-22(27-13-12-26)20-10-6-7-11-21(20)28-23/h3-11,18H,12-17,26H2,1-2H3,(H,27,28). The fourth-order valence-electron chi connectivity index (χ4n) is 4.19. The van der Waals surface area contributed by atoms with Gasteiger partial charge in [-0.25, -0.2) is 4.98 Å². The van der Waals surface area contributed by atoms with Gasteiger partial charge in [-0.15, -0.1) is 0 Å². The van der Waals surface area contributed by atoms with Gasteiger partial charge >= 0.3 is 0 Å². The lowest BCUT2D eigenvalue weighted by atomic mass is 9.83. The van der Waals surface area contributed by atoms with Gasteiger partial charge in [0.05, 0.1) is 10.9 Å². The monoisotopic (exact) mass is 417 g/mol. The van der Waals surface area contributed by atoms with E-state index in [-0.39, 0.29) is 5.91 Å². The number of para-hydroxylation sites is 1. The van der Waals surface area contributed by atoms with Crippen LogP contribution in [0.2, 0.25) is 0 Å². The van der Waals surface area contributed by atoms with Gasteiger partial charge in [-0.05, 0) is 25.5 Å². The van der Waals surface area contributed by atoms with Gasteiger partial charge in [0.15, 0.2) is 0 Å². The molecular formula is C25H31N5O. The van der Waals surface area contributed by atoms with E-state index >= 15 is 0 Å². The minimum Gasteiger partial charge on any atom is -0.383 e. The summed E-state index contributed by atoms with van der Waals surface area (Å²) < 4.78 is 0. The van der Waals surface area contributed by atoms with Crippen LogP contribution in [-0.2, 0) is 10.2 Å². The highest BCUT2D eigenvalue weighted by atomic mass is 16.2. The Hall–Kier alpha value is -3.12. The quantitative estimate of drug-likeness (QED) is 0.644. The summed E-state index contributed by atoms with van der Waals surface area (Å²) in [6.45, 7) is 8.21. The zero-order valence-corrected chi connectivity index (χ0v) is 18.3. The number of nitrogens with two attached hydrogens (primary N) is 1. The first-order valence-corrected chi connectivity index (χ1v) is 10.9. The number of amides is 1. The van der Waals surface area contributed by atoms with E-state index in [9.17, 15) is 4.79 Å². The highest BCUT2D eigenvalue weighted by molar-refractivity contribution is 5.93. The third-order valence-corrected chi connectivity index (χ3v) is 6.08. The molecule has 31 heavy (non-hydrogen) atoms. The summed E-state index contributed by atoms with van der Waals surface area (Å²) >= 11 is 0. The topological polar surface area (TPSA) is 74.5 Å². The number of piperazine rings is 1. The minimum atomic E-state index is -0.538. The second-order valence-corrected chi connectivity index (χ2v) is 8.53. The molecule has 3 N–H and O–H groups in total. The maximum Gasteiger partial charge on any atom is 0.232 e. The zero-order valence-electron chi connectivity index (χ0n) is 18.3. The van der Waals surface area contributed by atoms with Crippen LogP contribution in [0.1, 0.15) is 19.4 Å². The Kier molecular flexibility index (Phi) is 6.09. The summed E-state index contributed by atoms with van der Waals surface area (Å²) in [6, 6.07) is 20.3. The van der Waals surface area contributed by atoms with Gasteiger partial charge in [-0.2, -0.15) is 0 Å². The third-order valence-electron chi connectivity index (χ3n) is 6.08. The smallest absolute Gasteiger partial charge is 0.232 e. The van der Waals surface area contributed by atoms with Gasteiger partial charge in [0.2, 0.25) is 5.91 Å². The Morgan fingerprint density at radius 1 is 1.03 bits per heavy atom. The van der Waals surface area contributed by atoms with Gasteiger partial charge in [-0.3, -0.25) is 4.79 Å². The Balaban J connectivity index is 1.50. The molecule has 3 aromatic rings.